The number of thiazole rings is 1. The van der Waals surface area contributed by atoms with E-state index in [-0.39, 0.29) is 0 Å². The minimum Gasteiger partial charge on any atom is -0.468 e. The molecule has 0 unspecified atom stereocenters. The van der Waals surface area contributed by atoms with Gasteiger partial charge in [0, 0.05) is 11.4 Å². The summed E-state index contributed by atoms with van der Waals surface area (Å²) in [5.74, 6) is -0.459. The molecular formula is C11H18N2O3S. The van der Waals surface area contributed by atoms with Crippen LogP contribution in [0.3, 0.4) is 0 Å². The summed E-state index contributed by atoms with van der Waals surface area (Å²) in [5, 5.41) is 13.5. The zero-order chi connectivity index (χ0) is 13.0. The van der Waals surface area contributed by atoms with Crippen LogP contribution < -0.4 is 5.32 Å². The number of aliphatic hydroxyl groups excluding tert-OH is 1. The number of methoxy groups -OCH3 is 1. The summed E-state index contributed by atoms with van der Waals surface area (Å²) in [6.45, 7) is 5.92. The maximum Gasteiger partial charge on any atom is 0.325 e. The fourth-order valence-corrected chi connectivity index (χ4v) is 2.41. The fraction of sp³-hybridized carbons (Fsp3) is 0.636. The van der Waals surface area contributed by atoms with E-state index in [2.05, 4.69) is 15.0 Å². The van der Waals surface area contributed by atoms with E-state index in [9.17, 15) is 9.90 Å². The van der Waals surface area contributed by atoms with Crippen LogP contribution in [-0.4, -0.2) is 35.3 Å². The number of aryl methyl sites for hydroxylation is 2. The molecule has 96 valence electrons. The molecule has 2 N–H and O–H groups in total. The van der Waals surface area contributed by atoms with Crippen LogP contribution in [0.15, 0.2) is 0 Å². The fourth-order valence-electron chi connectivity index (χ4n) is 1.52. The number of esters is 1. The topological polar surface area (TPSA) is 71.5 Å². The lowest BCUT2D eigenvalue weighted by Crippen LogP contribution is -2.45. The van der Waals surface area contributed by atoms with E-state index in [0.717, 1.165) is 15.6 Å². The molecular weight excluding hydrogens is 240 g/mol. The second-order valence-electron chi connectivity index (χ2n) is 3.86. The highest BCUT2D eigenvalue weighted by Crippen LogP contribution is 2.17. The lowest BCUT2D eigenvalue weighted by Gasteiger charge is -2.18. The van der Waals surface area contributed by atoms with Crippen LogP contribution in [0.1, 0.15) is 22.5 Å². The SMILES string of the molecule is COC(=O)[C@H](NCc1sc(C)nc1C)[C@@H](C)O. The number of aromatic nitrogens is 1. The van der Waals surface area contributed by atoms with Gasteiger partial charge in [-0.2, -0.15) is 0 Å². The molecule has 0 spiro atoms. The molecule has 1 rings (SSSR count). The zero-order valence-electron chi connectivity index (χ0n) is 10.5. The monoisotopic (exact) mass is 258 g/mol. The van der Waals surface area contributed by atoms with Crippen molar-refractivity contribution in [3.63, 3.8) is 0 Å². The number of carbonyl (C=O) groups is 1. The van der Waals surface area contributed by atoms with Gasteiger partial charge < -0.3 is 9.84 Å². The van der Waals surface area contributed by atoms with Crippen molar-refractivity contribution in [2.75, 3.05) is 7.11 Å². The number of ether oxygens (including phenoxy) is 1. The van der Waals surface area contributed by atoms with Crippen molar-refractivity contribution in [3.05, 3.63) is 15.6 Å². The third kappa shape index (κ3) is 3.76. The Labute approximate surface area is 105 Å². The number of carbonyl (C=O) groups excluding carboxylic acids is 1. The number of nitrogens with zero attached hydrogens (tertiary/aromatic N) is 1. The van der Waals surface area contributed by atoms with Crippen molar-refractivity contribution >= 4 is 17.3 Å². The third-order valence-electron chi connectivity index (χ3n) is 2.42. The Hall–Kier alpha value is -0.980. The van der Waals surface area contributed by atoms with Gasteiger partial charge in [0.25, 0.3) is 0 Å². The largest absolute Gasteiger partial charge is 0.468 e. The van der Waals surface area contributed by atoms with E-state index in [4.69, 9.17) is 0 Å². The van der Waals surface area contributed by atoms with E-state index in [1.165, 1.54) is 7.11 Å². The molecule has 0 saturated heterocycles. The molecule has 5 nitrogen and oxygen atoms in total. The molecule has 6 heteroatoms. The number of rotatable bonds is 5. The van der Waals surface area contributed by atoms with E-state index in [1.54, 1.807) is 18.3 Å². The lowest BCUT2D eigenvalue weighted by atomic mass is 10.2. The first-order valence-electron chi connectivity index (χ1n) is 5.38. The molecule has 2 atom stereocenters. The first-order chi connectivity index (χ1) is 7.95. The van der Waals surface area contributed by atoms with Crippen LogP contribution in [0.25, 0.3) is 0 Å². The summed E-state index contributed by atoms with van der Waals surface area (Å²) in [5.41, 5.74) is 0.953. The molecule has 0 radical (unpaired) electrons. The highest BCUT2D eigenvalue weighted by Gasteiger charge is 2.24. The van der Waals surface area contributed by atoms with Crippen LogP contribution in [0.5, 0.6) is 0 Å². The average Bonchev–Trinajstić information content (AvgIpc) is 2.57. The summed E-state index contributed by atoms with van der Waals surface area (Å²) in [4.78, 5) is 16.8. The van der Waals surface area contributed by atoms with Crippen LogP contribution in [0, 0.1) is 13.8 Å². The van der Waals surface area contributed by atoms with E-state index < -0.39 is 18.1 Å². The number of hydrogen-bond acceptors (Lipinski definition) is 6. The molecule has 0 aromatic carbocycles. The Bertz CT molecular complexity index is 390. The minimum atomic E-state index is -0.795. The normalized spacial score (nSPS) is 14.4. The lowest BCUT2D eigenvalue weighted by molar-refractivity contribution is -0.145. The number of hydrogen-bond donors (Lipinski definition) is 2. The maximum absolute atomic E-state index is 11.4. The van der Waals surface area contributed by atoms with Crippen molar-refractivity contribution < 1.29 is 14.6 Å². The standard InChI is InChI=1S/C11H18N2O3S/c1-6-9(17-8(3)13-6)5-12-10(7(2)14)11(15)16-4/h7,10,12,14H,5H2,1-4H3/t7-,10-/m1/s1. The minimum absolute atomic E-state index is 0.459. The Morgan fingerprint density at radius 2 is 2.24 bits per heavy atom. The number of aliphatic hydroxyl groups is 1. The third-order valence-corrected chi connectivity index (χ3v) is 3.49. The smallest absolute Gasteiger partial charge is 0.325 e. The Morgan fingerprint density at radius 1 is 1.59 bits per heavy atom. The van der Waals surface area contributed by atoms with Crippen molar-refractivity contribution in [1.29, 1.82) is 0 Å². The van der Waals surface area contributed by atoms with Crippen molar-refractivity contribution in [3.8, 4) is 0 Å². The van der Waals surface area contributed by atoms with Crippen molar-refractivity contribution in [2.24, 2.45) is 0 Å². The quantitative estimate of drug-likeness (QED) is 0.763. The molecule has 17 heavy (non-hydrogen) atoms. The second kappa shape index (κ2) is 6.09. The van der Waals surface area contributed by atoms with Crippen LogP contribution in [-0.2, 0) is 16.1 Å². The molecule has 1 aromatic heterocycles. The Kier molecular flexibility index (Phi) is 5.04. The van der Waals surface area contributed by atoms with Crippen LogP contribution in [0.4, 0.5) is 0 Å². The average molecular weight is 258 g/mol. The van der Waals surface area contributed by atoms with E-state index in [0.29, 0.717) is 6.54 Å². The summed E-state index contributed by atoms with van der Waals surface area (Å²) < 4.78 is 4.62. The summed E-state index contributed by atoms with van der Waals surface area (Å²) in [7, 11) is 1.31. The predicted molar refractivity (Wildman–Crippen MR) is 65.9 cm³/mol. The van der Waals surface area contributed by atoms with Gasteiger partial charge in [-0.15, -0.1) is 11.3 Å². The molecule has 0 aliphatic heterocycles. The van der Waals surface area contributed by atoms with Gasteiger partial charge in [0.2, 0.25) is 0 Å². The van der Waals surface area contributed by atoms with Gasteiger partial charge in [-0.25, -0.2) is 4.98 Å². The molecule has 0 bridgehead atoms. The highest BCUT2D eigenvalue weighted by molar-refractivity contribution is 7.11. The maximum atomic E-state index is 11.4. The van der Waals surface area contributed by atoms with Crippen LogP contribution >= 0.6 is 11.3 Å². The van der Waals surface area contributed by atoms with Gasteiger partial charge in [0.1, 0.15) is 6.04 Å². The van der Waals surface area contributed by atoms with E-state index in [1.807, 2.05) is 13.8 Å². The molecule has 0 saturated carbocycles. The first kappa shape index (κ1) is 14.1. The Morgan fingerprint density at radius 3 is 2.65 bits per heavy atom. The molecule has 0 fully saturated rings. The molecule has 1 aromatic rings. The van der Waals surface area contributed by atoms with Gasteiger partial charge in [0.05, 0.1) is 23.9 Å². The molecule has 1 heterocycles. The summed E-state index contributed by atoms with van der Waals surface area (Å²) in [6.07, 6.45) is -0.795. The van der Waals surface area contributed by atoms with Crippen molar-refractivity contribution in [1.82, 2.24) is 10.3 Å². The van der Waals surface area contributed by atoms with Crippen LogP contribution in [0.2, 0.25) is 0 Å². The predicted octanol–water partition coefficient (Wildman–Crippen LogP) is 0.772. The van der Waals surface area contributed by atoms with Gasteiger partial charge in [-0.1, -0.05) is 0 Å². The molecule has 0 aliphatic rings. The van der Waals surface area contributed by atoms with Crippen molar-refractivity contribution in [2.45, 2.75) is 39.5 Å². The summed E-state index contributed by atoms with van der Waals surface area (Å²) in [6, 6.07) is -0.707. The summed E-state index contributed by atoms with van der Waals surface area (Å²) >= 11 is 1.58. The zero-order valence-corrected chi connectivity index (χ0v) is 11.3. The molecule has 0 aliphatic carbocycles. The van der Waals surface area contributed by atoms with Gasteiger partial charge in [0.15, 0.2) is 0 Å². The first-order valence-corrected chi connectivity index (χ1v) is 6.19. The molecule has 0 amide bonds. The highest BCUT2D eigenvalue weighted by atomic mass is 32.1. The Balaban J connectivity index is 2.64. The second-order valence-corrected chi connectivity index (χ2v) is 5.15. The van der Waals surface area contributed by atoms with Gasteiger partial charge in [-0.3, -0.25) is 10.1 Å². The van der Waals surface area contributed by atoms with Gasteiger partial charge >= 0.3 is 5.97 Å². The van der Waals surface area contributed by atoms with E-state index >= 15 is 0 Å². The van der Waals surface area contributed by atoms with Gasteiger partial charge in [-0.05, 0) is 20.8 Å². The number of nitrogens with one attached hydrogen (secondary N) is 1.